The van der Waals surface area contributed by atoms with Crippen molar-refractivity contribution in [3.8, 4) is 12.1 Å². The molecule has 5 nitrogen and oxygen atoms in total. The van der Waals surface area contributed by atoms with E-state index >= 15 is 0 Å². The summed E-state index contributed by atoms with van der Waals surface area (Å²) in [6, 6.07) is 11.5. The number of hydrogen-bond acceptors (Lipinski definition) is 6. The summed E-state index contributed by atoms with van der Waals surface area (Å²) in [7, 11) is 0. The van der Waals surface area contributed by atoms with Crippen molar-refractivity contribution in [3.63, 3.8) is 0 Å². The Bertz CT molecular complexity index is 649. The molecule has 0 saturated carbocycles. The van der Waals surface area contributed by atoms with E-state index in [9.17, 15) is 4.79 Å². The lowest BCUT2D eigenvalue weighted by Crippen LogP contribution is -2.33. The van der Waals surface area contributed by atoms with Crippen molar-refractivity contribution in [2.75, 3.05) is 18.8 Å². The van der Waals surface area contributed by atoms with Gasteiger partial charge in [-0.15, -0.1) is 11.3 Å². The van der Waals surface area contributed by atoms with Crippen molar-refractivity contribution in [3.05, 3.63) is 24.3 Å². The lowest BCUT2D eigenvalue weighted by atomic mass is 10.3. The van der Waals surface area contributed by atoms with Gasteiger partial charge in [0.15, 0.2) is 4.34 Å². The number of fused-ring (bicyclic) bond motifs is 1. The van der Waals surface area contributed by atoms with E-state index in [1.165, 1.54) is 28.0 Å². The second-order valence-electron chi connectivity index (χ2n) is 3.80. The van der Waals surface area contributed by atoms with Gasteiger partial charge in [0.25, 0.3) is 0 Å². The molecule has 0 radical (unpaired) electrons. The maximum Gasteiger partial charge on any atom is 0.234 e. The van der Waals surface area contributed by atoms with Crippen molar-refractivity contribution in [1.29, 1.82) is 10.5 Å². The first-order valence-corrected chi connectivity index (χ1v) is 7.55. The van der Waals surface area contributed by atoms with Gasteiger partial charge in [0.05, 0.1) is 28.1 Å². The SMILES string of the molecule is N#CCN(CC#N)C(=O)CSc1nc2ccccc2s1. The van der Waals surface area contributed by atoms with Crippen molar-refractivity contribution in [1.82, 2.24) is 9.88 Å². The molecule has 0 aliphatic rings. The molecule has 2 rings (SSSR count). The lowest BCUT2D eigenvalue weighted by molar-refractivity contribution is -0.127. The molecule has 1 amide bonds. The highest BCUT2D eigenvalue weighted by atomic mass is 32.2. The monoisotopic (exact) mass is 302 g/mol. The zero-order valence-electron chi connectivity index (χ0n) is 10.4. The highest BCUT2D eigenvalue weighted by molar-refractivity contribution is 8.01. The predicted molar refractivity (Wildman–Crippen MR) is 78.2 cm³/mol. The fourth-order valence-corrected chi connectivity index (χ4v) is 3.50. The summed E-state index contributed by atoms with van der Waals surface area (Å²) in [6.07, 6.45) is 0. The minimum Gasteiger partial charge on any atom is -0.315 e. The Hall–Kier alpha value is -2.09. The first-order valence-electron chi connectivity index (χ1n) is 5.74. The van der Waals surface area contributed by atoms with Gasteiger partial charge in [-0.25, -0.2) is 4.98 Å². The zero-order chi connectivity index (χ0) is 14.4. The van der Waals surface area contributed by atoms with E-state index in [4.69, 9.17) is 10.5 Å². The number of thioether (sulfide) groups is 1. The van der Waals surface area contributed by atoms with Crippen LogP contribution in [0.4, 0.5) is 0 Å². The van der Waals surface area contributed by atoms with Crippen LogP contribution in [0, 0.1) is 22.7 Å². The maximum absolute atomic E-state index is 11.9. The summed E-state index contributed by atoms with van der Waals surface area (Å²) in [5.41, 5.74) is 0.915. The Morgan fingerprint density at radius 1 is 1.30 bits per heavy atom. The number of carbonyl (C=O) groups excluding carboxylic acids is 1. The number of hydrogen-bond donors (Lipinski definition) is 0. The third-order valence-corrected chi connectivity index (χ3v) is 4.63. The molecule has 0 spiro atoms. The number of aromatic nitrogens is 1. The van der Waals surface area contributed by atoms with E-state index in [1.807, 2.05) is 36.4 Å². The highest BCUT2D eigenvalue weighted by Gasteiger charge is 2.14. The second-order valence-corrected chi connectivity index (χ2v) is 6.06. The zero-order valence-corrected chi connectivity index (χ0v) is 12.1. The molecule has 0 unspecified atom stereocenters. The number of para-hydroxylation sites is 1. The Kier molecular flexibility index (Phi) is 4.94. The van der Waals surface area contributed by atoms with Crippen LogP contribution in [0.25, 0.3) is 10.2 Å². The van der Waals surface area contributed by atoms with Crippen LogP contribution in [-0.4, -0.2) is 34.6 Å². The van der Waals surface area contributed by atoms with Gasteiger partial charge in [0.2, 0.25) is 5.91 Å². The minimum atomic E-state index is -0.225. The highest BCUT2D eigenvalue weighted by Crippen LogP contribution is 2.29. The first kappa shape index (κ1) is 14.3. The summed E-state index contributed by atoms with van der Waals surface area (Å²) >= 11 is 2.86. The molecule has 1 aromatic carbocycles. The van der Waals surface area contributed by atoms with Crippen molar-refractivity contribution >= 4 is 39.2 Å². The number of carbonyl (C=O) groups is 1. The average molecular weight is 302 g/mol. The molecule has 0 fully saturated rings. The van der Waals surface area contributed by atoms with Gasteiger partial charge in [-0.05, 0) is 12.1 Å². The van der Waals surface area contributed by atoms with Crippen LogP contribution in [0.3, 0.4) is 0 Å². The number of nitrogens with zero attached hydrogens (tertiary/aromatic N) is 4. The summed E-state index contributed by atoms with van der Waals surface area (Å²) in [4.78, 5) is 17.5. The van der Waals surface area contributed by atoms with Crippen LogP contribution in [-0.2, 0) is 4.79 Å². The number of nitriles is 2. The third-order valence-electron chi connectivity index (χ3n) is 2.47. The molecule has 0 N–H and O–H groups in total. The van der Waals surface area contributed by atoms with Crippen molar-refractivity contribution in [2.45, 2.75) is 4.34 Å². The van der Waals surface area contributed by atoms with Crippen LogP contribution >= 0.6 is 23.1 Å². The van der Waals surface area contributed by atoms with Gasteiger partial charge < -0.3 is 4.90 Å². The van der Waals surface area contributed by atoms with E-state index in [0.29, 0.717) is 0 Å². The fraction of sp³-hybridized carbons (Fsp3) is 0.231. The van der Waals surface area contributed by atoms with Gasteiger partial charge in [0.1, 0.15) is 13.1 Å². The number of benzene rings is 1. The average Bonchev–Trinajstić information content (AvgIpc) is 2.87. The molecule has 0 atom stereocenters. The Morgan fingerprint density at radius 3 is 2.65 bits per heavy atom. The summed E-state index contributed by atoms with van der Waals surface area (Å²) in [5, 5.41) is 17.2. The summed E-state index contributed by atoms with van der Waals surface area (Å²) in [5.74, 6) is -0.0410. The standard InChI is InChI=1S/C13H10N4OS2/c14-5-7-17(8-6-15)12(18)9-19-13-16-10-3-1-2-4-11(10)20-13/h1-4H,7-9H2. The number of thiazole rings is 1. The first-order chi connectivity index (χ1) is 9.74. The molecule has 7 heteroatoms. The van der Waals surface area contributed by atoms with Gasteiger partial charge >= 0.3 is 0 Å². The summed E-state index contributed by atoms with van der Waals surface area (Å²) in [6.45, 7) is -0.125. The van der Waals surface area contributed by atoms with Crippen LogP contribution in [0.15, 0.2) is 28.6 Å². The molecule has 0 aliphatic heterocycles. The Labute approximate surface area is 124 Å². The third kappa shape index (κ3) is 3.47. The molecular weight excluding hydrogens is 292 g/mol. The van der Waals surface area contributed by atoms with E-state index < -0.39 is 0 Å². The van der Waals surface area contributed by atoms with Gasteiger partial charge in [-0.2, -0.15) is 10.5 Å². The number of rotatable bonds is 5. The van der Waals surface area contributed by atoms with Crippen molar-refractivity contribution in [2.24, 2.45) is 0 Å². The molecular formula is C13H10N4OS2. The maximum atomic E-state index is 11.9. The van der Waals surface area contributed by atoms with E-state index in [0.717, 1.165) is 14.6 Å². The van der Waals surface area contributed by atoms with E-state index in [-0.39, 0.29) is 24.7 Å². The molecule has 1 aromatic heterocycles. The largest absolute Gasteiger partial charge is 0.315 e. The van der Waals surface area contributed by atoms with Crippen LogP contribution in [0.1, 0.15) is 0 Å². The molecule has 100 valence electrons. The lowest BCUT2D eigenvalue weighted by Gasteiger charge is -2.14. The van der Waals surface area contributed by atoms with Crippen LogP contribution in [0.2, 0.25) is 0 Å². The molecule has 0 bridgehead atoms. The van der Waals surface area contributed by atoms with Gasteiger partial charge in [-0.1, -0.05) is 23.9 Å². The van der Waals surface area contributed by atoms with Crippen LogP contribution in [0.5, 0.6) is 0 Å². The molecule has 1 heterocycles. The Morgan fingerprint density at radius 2 is 2.00 bits per heavy atom. The molecule has 20 heavy (non-hydrogen) atoms. The number of amides is 1. The van der Waals surface area contributed by atoms with Gasteiger partial charge in [-0.3, -0.25) is 4.79 Å². The Balaban J connectivity index is 1.99. The van der Waals surface area contributed by atoms with Crippen molar-refractivity contribution < 1.29 is 4.79 Å². The smallest absolute Gasteiger partial charge is 0.234 e. The normalized spacial score (nSPS) is 9.90. The predicted octanol–water partition coefficient (Wildman–Crippen LogP) is 2.26. The molecule has 0 saturated heterocycles. The second kappa shape index (κ2) is 6.90. The topological polar surface area (TPSA) is 80.8 Å². The minimum absolute atomic E-state index is 0.0627. The summed E-state index contributed by atoms with van der Waals surface area (Å²) < 4.78 is 1.89. The van der Waals surface area contributed by atoms with Gasteiger partial charge in [0, 0.05) is 0 Å². The van der Waals surface area contributed by atoms with E-state index in [2.05, 4.69) is 4.98 Å². The molecule has 0 aliphatic carbocycles. The molecule has 2 aromatic rings. The van der Waals surface area contributed by atoms with E-state index in [1.54, 1.807) is 0 Å². The van der Waals surface area contributed by atoms with Crippen LogP contribution < -0.4 is 0 Å². The fourth-order valence-electron chi connectivity index (χ4n) is 1.53. The quantitative estimate of drug-likeness (QED) is 0.625.